The molecule has 3 aliphatic rings. The van der Waals surface area contributed by atoms with Gasteiger partial charge in [-0.3, -0.25) is 9.59 Å². The second-order valence-electron chi connectivity index (χ2n) is 7.19. The molecule has 2 aliphatic heterocycles. The first-order valence-electron chi connectivity index (χ1n) is 8.69. The molecule has 0 aromatic heterocycles. The number of rotatable bonds is 2. The minimum absolute atomic E-state index is 0.162. The fourth-order valence-corrected chi connectivity index (χ4v) is 4.64. The molecule has 2 heterocycles. The van der Waals surface area contributed by atoms with Crippen LogP contribution in [0.2, 0.25) is 0 Å². The van der Waals surface area contributed by atoms with Gasteiger partial charge < -0.3 is 9.80 Å². The van der Waals surface area contributed by atoms with Crippen molar-refractivity contribution in [3.63, 3.8) is 0 Å². The first kappa shape index (κ1) is 14.9. The molecule has 2 amide bonds. The third-order valence-electron chi connectivity index (χ3n) is 6.10. The Bertz CT molecular complexity index is 437. The SMILES string of the molecule is CCC1C(=O)N2CCCC2C(=O)N1C1CCCC(C)C1C. The Balaban J connectivity index is 1.90. The van der Waals surface area contributed by atoms with Crippen LogP contribution in [0, 0.1) is 11.8 Å². The second-order valence-corrected chi connectivity index (χ2v) is 7.19. The van der Waals surface area contributed by atoms with E-state index in [4.69, 9.17) is 0 Å². The monoisotopic (exact) mass is 292 g/mol. The van der Waals surface area contributed by atoms with Crippen molar-refractivity contribution in [2.45, 2.75) is 77.4 Å². The first-order valence-corrected chi connectivity index (χ1v) is 8.69. The van der Waals surface area contributed by atoms with Crippen LogP contribution in [0.3, 0.4) is 0 Å². The van der Waals surface area contributed by atoms with Gasteiger partial charge in [0, 0.05) is 12.6 Å². The van der Waals surface area contributed by atoms with Crippen molar-refractivity contribution in [3.8, 4) is 0 Å². The molecule has 0 radical (unpaired) electrons. The maximum absolute atomic E-state index is 13.0. The van der Waals surface area contributed by atoms with E-state index in [0.717, 1.165) is 32.2 Å². The third-order valence-corrected chi connectivity index (χ3v) is 6.10. The fraction of sp³-hybridized carbons (Fsp3) is 0.882. The highest BCUT2D eigenvalue weighted by atomic mass is 16.2. The lowest BCUT2D eigenvalue weighted by Crippen LogP contribution is -2.66. The predicted molar refractivity (Wildman–Crippen MR) is 81.6 cm³/mol. The topological polar surface area (TPSA) is 40.6 Å². The zero-order chi connectivity index (χ0) is 15.1. The van der Waals surface area contributed by atoms with Gasteiger partial charge in [-0.05, 0) is 37.5 Å². The molecule has 3 fully saturated rings. The molecule has 5 atom stereocenters. The predicted octanol–water partition coefficient (Wildman–Crippen LogP) is 2.42. The van der Waals surface area contributed by atoms with Gasteiger partial charge in [-0.15, -0.1) is 0 Å². The number of hydrogen-bond donors (Lipinski definition) is 0. The number of nitrogens with zero attached hydrogens (tertiary/aromatic N) is 2. The number of carbonyl (C=O) groups is 2. The van der Waals surface area contributed by atoms with Gasteiger partial charge in [0.05, 0.1) is 0 Å². The summed E-state index contributed by atoms with van der Waals surface area (Å²) in [7, 11) is 0. The first-order chi connectivity index (χ1) is 10.1. The highest BCUT2D eigenvalue weighted by molar-refractivity contribution is 5.97. The smallest absolute Gasteiger partial charge is 0.246 e. The Kier molecular flexibility index (Phi) is 3.98. The minimum atomic E-state index is -0.218. The molecule has 0 aromatic carbocycles. The van der Waals surface area contributed by atoms with Crippen LogP contribution >= 0.6 is 0 Å². The van der Waals surface area contributed by atoms with Crippen molar-refractivity contribution in [1.82, 2.24) is 9.80 Å². The molecule has 1 aliphatic carbocycles. The average Bonchev–Trinajstić information content (AvgIpc) is 2.96. The van der Waals surface area contributed by atoms with E-state index in [1.165, 1.54) is 12.8 Å². The molecule has 0 aromatic rings. The van der Waals surface area contributed by atoms with E-state index in [2.05, 4.69) is 13.8 Å². The molecular formula is C17H28N2O2. The second kappa shape index (κ2) is 5.62. The summed E-state index contributed by atoms with van der Waals surface area (Å²) in [5, 5.41) is 0. The summed E-state index contributed by atoms with van der Waals surface area (Å²) in [6.45, 7) is 7.36. The van der Waals surface area contributed by atoms with Crippen molar-refractivity contribution in [3.05, 3.63) is 0 Å². The van der Waals surface area contributed by atoms with Crippen molar-refractivity contribution in [1.29, 1.82) is 0 Å². The van der Waals surface area contributed by atoms with Crippen LogP contribution in [0.5, 0.6) is 0 Å². The van der Waals surface area contributed by atoms with Crippen molar-refractivity contribution >= 4 is 11.8 Å². The Morgan fingerprint density at radius 3 is 2.52 bits per heavy atom. The minimum Gasteiger partial charge on any atom is -0.329 e. The van der Waals surface area contributed by atoms with Crippen molar-refractivity contribution < 1.29 is 9.59 Å². The zero-order valence-electron chi connectivity index (χ0n) is 13.5. The molecule has 1 saturated carbocycles. The van der Waals surface area contributed by atoms with E-state index >= 15 is 0 Å². The van der Waals surface area contributed by atoms with Gasteiger partial charge in [0.15, 0.2) is 0 Å². The normalized spacial score (nSPS) is 40.6. The molecule has 2 saturated heterocycles. The molecule has 0 bridgehead atoms. The summed E-state index contributed by atoms with van der Waals surface area (Å²) in [4.78, 5) is 29.6. The molecule has 0 N–H and O–H groups in total. The highest BCUT2D eigenvalue weighted by Gasteiger charge is 2.50. The molecule has 118 valence electrons. The van der Waals surface area contributed by atoms with E-state index in [1.807, 2.05) is 16.7 Å². The van der Waals surface area contributed by atoms with E-state index in [9.17, 15) is 9.59 Å². The number of fused-ring (bicyclic) bond motifs is 1. The van der Waals surface area contributed by atoms with Gasteiger partial charge in [0.25, 0.3) is 0 Å². The fourth-order valence-electron chi connectivity index (χ4n) is 4.64. The van der Waals surface area contributed by atoms with Gasteiger partial charge in [-0.2, -0.15) is 0 Å². The quantitative estimate of drug-likeness (QED) is 0.784. The van der Waals surface area contributed by atoms with Crippen LogP contribution in [0.4, 0.5) is 0 Å². The van der Waals surface area contributed by atoms with Gasteiger partial charge in [-0.1, -0.05) is 33.6 Å². The van der Waals surface area contributed by atoms with Crippen LogP contribution in [0.1, 0.15) is 59.3 Å². The van der Waals surface area contributed by atoms with Crippen molar-refractivity contribution in [2.75, 3.05) is 6.54 Å². The standard InChI is InChI=1S/C17H28N2O2/c1-4-13-16(20)18-10-6-9-15(18)17(21)19(13)14-8-5-7-11(2)12(14)3/h11-15H,4-10H2,1-3H3. The van der Waals surface area contributed by atoms with Crippen LogP contribution in [-0.4, -0.2) is 46.3 Å². The summed E-state index contributed by atoms with van der Waals surface area (Å²) in [5.41, 5.74) is 0. The van der Waals surface area contributed by atoms with Gasteiger partial charge in [-0.25, -0.2) is 0 Å². The van der Waals surface area contributed by atoms with Crippen LogP contribution in [0.15, 0.2) is 0 Å². The van der Waals surface area contributed by atoms with Crippen LogP contribution in [0.25, 0.3) is 0 Å². The van der Waals surface area contributed by atoms with Crippen molar-refractivity contribution in [2.24, 2.45) is 11.8 Å². The van der Waals surface area contributed by atoms with E-state index in [0.29, 0.717) is 11.8 Å². The number of carbonyl (C=O) groups excluding carboxylic acids is 2. The maximum Gasteiger partial charge on any atom is 0.246 e. The molecule has 4 nitrogen and oxygen atoms in total. The summed E-state index contributed by atoms with van der Waals surface area (Å²) in [5.74, 6) is 1.57. The van der Waals surface area contributed by atoms with E-state index in [1.54, 1.807) is 0 Å². The molecule has 4 heteroatoms. The lowest BCUT2D eigenvalue weighted by atomic mass is 9.76. The summed E-state index contributed by atoms with van der Waals surface area (Å²) in [6, 6.07) is -0.118. The Morgan fingerprint density at radius 2 is 1.81 bits per heavy atom. The Hall–Kier alpha value is -1.06. The third kappa shape index (κ3) is 2.27. The number of amides is 2. The zero-order valence-corrected chi connectivity index (χ0v) is 13.5. The molecule has 3 rings (SSSR count). The number of hydrogen-bond acceptors (Lipinski definition) is 2. The van der Waals surface area contributed by atoms with E-state index in [-0.39, 0.29) is 29.9 Å². The largest absolute Gasteiger partial charge is 0.329 e. The maximum atomic E-state index is 13.0. The summed E-state index contributed by atoms with van der Waals surface area (Å²) in [6.07, 6.45) is 6.06. The van der Waals surface area contributed by atoms with Gasteiger partial charge in [0.1, 0.15) is 12.1 Å². The highest BCUT2D eigenvalue weighted by Crippen LogP contribution is 2.38. The lowest BCUT2D eigenvalue weighted by molar-refractivity contribution is -0.165. The molecule has 5 unspecified atom stereocenters. The number of piperazine rings is 1. The van der Waals surface area contributed by atoms with Gasteiger partial charge in [0.2, 0.25) is 11.8 Å². The molecular weight excluding hydrogens is 264 g/mol. The molecule has 0 spiro atoms. The summed E-state index contributed by atoms with van der Waals surface area (Å²) >= 11 is 0. The molecule has 21 heavy (non-hydrogen) atoms. The summed E-state index contributed by atoms with van der Waals surface area (Å²) < 4.78 is 0. The van der Waals surface area contributed by atoms with Crippen LogP contribution in [-0.2, 0) is 9.59 Å². The Labute approximate surface area is 127 Å². The Morgan fingerprint density at radius 1 is 1.05 bits per heavy atom. The van der Waals surface area contributed by atoms with Crippen LogP contribution < -0.4 is 0 Å². The van der Waals surface area contributed by atoms with Gasteiger partial charge >= 0.3 is 0 Å². The average molecular weight is 292 g/mol. The van der Waals surface area contributed by atoms with E-state index < -0.39 is 0 Å². The lowest BCUT2D eigenvalue weighted by Gasteiger charge is -2.49.